The van der Waals surface area contributed by atoms with Crippen LogP contribution in [-0.2, 0) is 29.0 Å². The molecule has 0 radical (unpaired) electrons. The number of rotatable bonds is 9. The highest BCUT2D eigenvalue weighted by atomic mass is 16.5. The maximum absolute atomic E-state index is 12.3. The Balaban J connectivity index is 1.67. The van der Waals surface area contributed by atoms with Crippen molar-refractivity contribution in [2.45, 2.75) is 38.1 Å². The Morgan fingerprint density at radius 2 is 1.29 bits per heavy atom. The minimum atomic E-state index is -0.803. The maximum Gasteiger partial charge on any atom is 0.311 e. The summed E-state index contributed by atoms with van der Waals surface area (Å²) < 4.78 is 5.19. The lowest BCUT2D eigenvalue weighted by Crippen LogP contribution is -2.48. The molecule has 1 aliphatic rings. The summed E-state index contributed by atoms with van der Waals surface area (Å²) in [5.41, 5.74) is 3.50. The normalized spacial score (nSPS) is 18.0. The van der Waals surface area contributed by atoms with Gasteiger partial charge in [0.1, 0.15) is 0 Å². The second-order valence-corrected chi connectivity index (χ2v) is 8.19. The SMILES string of the molecule is O=C1OCC[C@@H]1[C@@H](O)[C@H](Cc1ccccc1)N(Cc1ccccc1)Cc1ccccc1. The van der Waals surface area contributed by atoms with Crippen molar-refractivity contribution in [2.75, 3.05) is 6.61 Å². The Morgan fingerprint density at radius 3 is 1.74 bits per heavy atom. The van der Waals surface area contributed by atoms with Gasteiger partial charge in [0.15, 0.2) is 0 Å². The first-order valence-corrected chi connectivity index (χ1v) is 10.9. The molecule has 31 heavy (non-hydrogen) atoms. The molecule has 3 atom stereocenters. The lowest BCUT2D eigenvalue weighted by atomic mass is 9.89. The first-order valence-electron chi connectivity index (χ1n) is 10.9. The van der Waals surface area contributed by atoms with Crippen molar-refractivity contribution in [3.05, 3.63) is 108 Å². The van der Waals surface area contributed by atoms with Crippen LogP contribution in [0.15, 0.2) is 91.0 Å². The number of carbonyl (C=O) groups is 1. The molecule has 1 heterocycles. The number of ether oxygens (including phenoxy) is 1. The third kappa shape index (κ3) is 5.60. The molecule has 0 bridgehead atoms. The van der Waals surface area contributed by atoms with Crippen LogP contribution in [0.4, 0.5) is 0 Å². The summed E-state index contributed by atoms with van der Waals surface area (Å²) in [6.07, 6.45) is 0.420. The standard InChI is InChI=1S/C27H29NO3/c29-26(24-16-17-31-27(24)30)25(18-21-10-4-1-5-11-21)28(19-22-12-6-2-7-13-22)20-23-14-8-3-9-15-23/h1-15,24-26,29H,16-20H2/t24-,25+,26-/m1/s1. The number of aliphatic hydroxyl groups excluding tert-OH is 1. The summed E-state index contributed by atoms with van der Waals surface area (Å²) >= 11 is 0. The molecule has 1 N–H and O–H groups in total. The highest BCUT2D eigenvalue weighted by Gasteiger charge is 2.39. The van der Waals surface area contributed by atoms with E-state index in [0.717, 1.165) is 5.56 Å². The van der Waals surface area contributed by atoms with Gasteiger partial charge < -0.3 is 9.84 Å². The number of hydrogen-bond donors (Lipinski definition) is 1. The van der Waals surface area contributed by atoms with Gasteiger partial charge in [-0.15, -0.1) is 0 Å². The van der Waals surface area contributed by atoms with E-state index in [1.165, 1.54) is 11.1 Å². The molecule has 4 nitrogen and oxygen atoms in total. The van der Waals surface area contributed by atoms with Crippen molar-refractivity contribution >= 4 is 5.97 Å². The lowest BCUT2D eigenvalue weighted by Gasteiger charge is -2.37. The summed E-state index contributed by atoms with van der Waals surface area (Å²) in [7, 11) is 0. The molecule has 1 saturated heterocycles. The number of cyclic esters (lactones) is 1. The van der Waals surface area contributed by atoms with E-state index in [1.54, 1.807) is 0 Å². The van der Waals surface area contributed by atoms with E-state index in [2.05, 4.69) is 41.3 Å². The van der Waals surface area contributed by atoms with Gasteiger partial charge in [-0.3, -0.25) is 9.69 Å². The highest BCUT2D eigenvalue weighted by Crippen LogP contribution is 2.27. The molecule has 0 saturated carbocycles. The Labute approximate surface area is 184 Å². The molecule has 1 aliphatic heterocycles. The molecular weight excluding hydrogens is 386 g/mol. The van der Waals surface area contributed by atoms with E-state index in [1.807, 2.05) is 54.6 Å². The monoisotopic (exact) mass is 415 g/mol. The van der Waals surface area contributed by atoms with Crippen LogP contribution in [0.3, 0.4) is 0 Å². The van der Waals surface area contributed by atoms with Gasteiger partial charge in [-0.25, -0.2) is 0 Å². The average molecular weight is 416 g/mol. The first-order chi connectivity index (χ1) is 15.2. The number of nitrogens with zero attached hydrogens (tertiary/aromatic N) is 1. The summed E-state index contributed by atoms with van der Waals surface area (Å²) in [4.78, 5) is 14.6. The van der Waals surface area contributed by atoms with Crippen molar-refractivity contribution in [2.24, 2.45) is 5.92 Å². The van der Waals surface area contributed by atoms with E-state index >= 15 is 0 Å². The van der Waals surface area contributed by atoms with Crippen LogP contribution in [0, 0.1) is 5.92 Å². The second-order valence-electron chi connectivity index (χ2n) is 8.19. The minimum Gasteiger partial charge on any atom is -0.465 e. The van der Waals surface area contributed by atoms with Crippen LogP contribution in [0.5, 0.6) is 0 Å². The van der Waals surface area contributed by atoms with Crippen LogP contribution < -0.4 is 0 Å². The number of carbonyl (C=O) groups excluding carboxylic acids is 1. The number of benzene rings is 3. The number of hydrogen-bond acceptors (Lipinski definition) is 4. The molecule has 4 rings (SSSR count). The third-order valence-corrected chi connectivity index (χ3v) is 6.00. The largest absolute Gasteiger partial charge is 0.465 e. The maximum atomic E-state index is 12.3. The van der Waals surface area contributed by atoms with E-state index in [4.69, 9.17) is 4.74 Å². The van der Waals surface area contributed by atoms with Crippen molar-refractivity contribution in [1.82, 2.24) is 4.90 Å². The molecule has 3 aromatic rings. The molecule has 0 spiro atoms. The van der Waals surface area contributed by atoms with Gasteiger partial charge in [-0.05, 0) is 29.5 Å². The molecule has 0 unspecified atom stereocenters. The van der Waals surface area contributed by atoms with Crippen molar-refractivity contribution in [1.29, 1.82) is 0 Å². The molecular formula is C27H29NO3. The Morgan fingerprint density at radius 1 is 0.806 bits per heavy atom. The quantitative estimate of drug-likeness (QED) is 0.532. The zero-order valence-corrected chi connectivity index (χ0v) is 17.6. The second kappa shape index (κ2) is 10.4. The first kappa shape index (κ1) is 21.3. The summed E-state index contributed by atoms with van der Waals surface area (Å²) in [6.45, 7) is 1.76. The summed E-state index contributed by atoms with van der Waals surface area (Å²) in [5.74, 6) is -0.771. The average Bonchev–Trinajstić information content (AvgIpc) is 3.24. The summed E-state index contributed by atoms with van der Waals surface area (Å²) in [6, 6.07) is 30.5. The third-order valence-electron chi connectivity index (χ3n) is 6.00. The zero-order chi connectivity index (χ0) is 21.5. The van der Waals surface area contributed by atoms with Gasteiger partial charge in [-0.1, -0.05) is 91.0 Å². The van der Waals surface area contributed by atoms with Gasteiger partial charge in [0.05, 0.1) is 18.6 Å². The van der Waals surface area contributed by atoms with Crippen molar-refractivity contribution in [3.8, 4) is 0 Å². The van der Waals surface area contributed by atoms with Crippen LogP contribution in [0.2, 0.25) is 0 Å². The Bertz CT molecular complexity index is 904. The summed E-state index contributed by atoms with van der Waals surface area (Å²) in [5, 5.41) is 11.4. The molecule has 0 aliphatic carbocycles. The van der Waals surface area contributed by atoms with Gasteiger partial charge in [0.2, 0.25) is 0 Å². The molecule has 0 aromatic heterocycles. The van der Waals surface area contributed by atoms with Gasteiger partial charge >= 0.3 is 5.97 Å². The van der Waals surface area contributed by atoms with Crippen LogP contribution in [0.1, 0.15) is 23.1 Å². The van der Waals surface area contributed by atoms with Gasteiger partial charge in [-0.2, -0.15) is 0 Å². The van der Waals surface area contributed by atoms with Crippen molar-refractivity contribution < 1.29 is 14.6 Å². The fourth-order valence-electron chi connectivity index (χ4n) is 4.34. The minimum absolute atomic E-state index is 0.224. The Hall–Kier alpha value is -2.95. The molecule has 0 amide bonds. The molecule has 160 valence electrons. The van der Waals surface area contributed by atoms with E-state index in [0.29, 0.717) is 32.5 Å². The topological polar surface area (TPSA) is 49.8 Å². The van der Waals surface area contributed by atoms with Crippen LogP contribution in [0.25, 0.3) is 0 Å². The van der Waals surface area contributed by atoms with Crippen molar-refractivity contribution in [3.63, 3.8) is 0 Å². The number of aliphatic hydroxyl groups is 1. The van der Waals surface area contributed by atoms with E-state index in [9.17, 15) is 9.90 Å². The smallest absolute Gasteiger partial charge is 0.311 e. The molecule has 4 heteroatoms. The number of esters is 1. The Kier molecular flexibility index (Phi) is 7.13. The van der Waals surface area contributed by atoms with Gasteiger partial charge in [0.25, 0.3) is 0 Å². The fourth-order valence-corrected chi connectivity index (χ4v) is 4.34. The lowest BCUT2D eigenvalue weighted by molar-refractivity contribution is -0.145. The van der Waals surface area contributed by atoms with E-state index < -0.39 is 12.0 Å². The van der Waals surface area contributed by atoms with Crippen LogP contribution in [-0.4, -0.2) is 34.7 Å². The predicted molar refractivity (Wildman–Crippen MR) is 121 cm³/mol. The predicted octanol–water partition coefficient (Wildman–Crippen LogP) is 4.22. The van der Waals surface area contributed by atoms with Gasteiger partial charge in [0, 0.05) is 19.1 Å². The molecule has 3 aromatic carbocycles. The zero-order valence-electron chi connectivity index (χ0n) is 17.6. The highest BCUT2D eigenvalue weighted by molar-refractivity contribution is 5.74. The van der Waals surface area contributed by atoms with E-state index in [-0.39, 0.29) is 12.0 Å². The fraction of sp³-hybridized carbons (Fsp3) is 0.296. The molecule has 1 fully saturated rings. The van der Waals surface area contributed by atoms with Crippen LogP contribution >= 0.6 is 0 Å².